The molecule has 1 rings (SSSR count). The number of hydrogen-bond acceptors (Lipinski definition) is 3. The van der Waals surface area contributed by atoms with Gasteiger partial charge in [-0.15, -0.1) is 0 Å². The SMILES string of the molecule is C=C(NC)c1cc(/C(C=N)=C/N)cc(C(F)(F)F)c1. The van der Waals surface area contributed by atoms with E-state index in [0.29, 0.717) is 11.3 Å². The fourth-order valence-corrected chi connectivity index (χ4v) is 1.50. The van der Waals surface area contributed by atoms with Crippen molar-refractivity contribution in [2.24, 2.45) is 5.73 Å². The predicted octanol–water partition coefficient (Wildman–Crippen LogP) is 2.84. The molecule has 0 spiro atoms. The number of hydrogen-bond donors (Lipinski definition) is 3. The maximum atomic E-state index is 12.8. The number of halogens is 3. The summed E-state index contributed by atoms with van der Waals surface area (Å²) in [5, 5.41) is 9.85. The van der Waals surface area contributed by atoms with Crippen molar-refractivity contribution in [2.75, 3.05) is 7.05 Å². The third kappa shape index (κ3) is 3.37. The zero-order valence-electron chi connectivity index (χ0n) is 10.3. The molecule has 102 valence electrons. The smallest absolute Gasteiger partial charge is 0.404 e. The largest absolute Gasteiger partial charge is 0.416 e. The third-order valence-corrected chi connectivity index (χ3v) is 2.58. The number of alkyl halides is 3. The Labute approximate surface area is 109 Å². The van der Waals surface area contributed by atoms with Gasteiger partial charge in [0.25, 0.3) is 0 Å². The van der Waals surface area contributed by atoms with Crippen molar-refractivity contribution < 1.29 is 13.2 Å². The second-order valence-corrected chi connectivity index (χ2v) is 3.79. The first-order valence-electron chi connectivity index (χ1n) is 5.35. The topological polar surface area (TPSA) is 61.9 Å². The number of benzene rings is 1. The maximum absolute atomic E-state index is 12.8. The van der Waals surface area contributed by atoms with Crippen LogP contribution in [0.25, 0.3) is 11.3 Å². The molecule has 0 unspecified atom stereocenters. The minimum atomic E-state index is -4.47. The zero-order chi connectivity index (χ0) is 14.6. The lowest BCUT2D eigenvalue weighted by atomic mass is 9.99. The van der Waals surface area contributed by atoms with Gasteiger partial charge in [-0.05, 0) is 29.3 Å². The lowest BCUT2D eigenvalue weighted by Crippen LogP contribution is -2.09. The van der Waals surface area contributed by atoms with Crippen molar-refractivity contribution in [3.8, 4) is 0 Å². The van der Waals surface area contributed by atoms with Gasteiger partial charge < -0.3 is 16.5 Å². The summed E-state index contributed by atoms with van der Waals surface area (Å²) in [6, 6.07) is 3.45. The average Bonchev–Trinajstić information content (AvgIpc) is 2.38. The first-order chi connectivity index (χ1) is 8.83. The van der Waals surface area contributed by atoms with Crippen molar-refractivity contribution in [3.63, 3.8) is 0 Å². The quantitative estimate of drug-likeness (QED) is 0.736. The number of nitrogens with two attached hydrogens (primary N) is 1. The molecule has 0 radical (unpaired) electrons. The normalized spacial score (nSPS) is 12.1. The van der Waals surface area contributed by atoms with Crippen LogP contribution >= 0.6 is 0 Å². The molecular weight excluding hydrogens is 255 g/mol. The van der Waals surface area contributed by atoms with Gasteiger partial charge in [0.1, 0.15) is 0 Å². The molecule has 0 heterocycles. The zero-order valence-corrected chi connectivity index (χ0v) is 10.3. The molecular formula is C13H14F3N3. The Bertz CT molecular complexity index is 530. The minimum absolute atomic E-state index is 0.205. The van der Waals surface area contributed by atoms with Crippen LogP contribution in [0.15, 0.2) is 31.0 Å². The van der Waals surface area contributed by atoms with Crippen LogP contribution < -0.4 is 11.1 Å². The summed E-state index contributed by atoms with van der Waals surface area (Å²) < 4.78 is 38.5. The van der Waals surface area contributed by atoms with E-state index in [1.807, 2.05) is 0 Å². The Morgan fingerprint density at radius 1 is 1.32 bits per heavy atom. The summed E-state index contributed by atoms with van der Waals surface area (Å²) in [5.74, 6) is 0. The van der Waals surface area contributed by atoms with Gasteiger partial charge in [-0.1, -0.05) is 6.58 Å². The van der Waals surface area contributed by atoms with Crippen molar-refractivity contribution in [1.82, 2.24) is 5.32 Å². The van der Waals surface area contributed by atoms with Gasteiger partial charge >= 0.3 is 6.18 Å². The molecule has 6 heteroatoms. The van der Waals surface area contributed by atoms with Crippen LogP contribution in [-0.2, 0) is 6.18 Å². The van der Waals surface area contributed by atoms with Crippen molar-refractivity contribution >= 4 is 17.5 Å². The number of rotatable bonds is 4. The van der Waals surface area contributed by atoms with Crippen molar-refractivity contribution in [1.29, 1.82) is 5.41 Å². The molecule has 0 saturated heterocycles. The Morgan fingerprint density at radius 3 is 2.32 bits per heavy atom. The lowest BCUT2D eigenvalue weighted by Gasteiger charge is -2.13. The Hall–Kier alpha value is -2.24. The van der Waals surface area contributed by atoms with E-state index in [0.717, 1.165) is 24.5 Å². The molecule has 0 aliphatic carbocycles. The van der Waals surface area contributed by atoms with Crippen molar-refractivity contribution in [2.45, 2.75) is 6.18 Å². The standard InChI is InChI=1S/C13H14F3N3/c1-8(19-2)9-3-10(11(6-17)7-18)5-12(4-9)13(14,15)16/h3-7,17,19H,1,18H2,2H3/b11-7+,17-6?. The second-order valence-electron chi connectivity index (χ2n) is 3.79. The molecule has 3 nitrogen and oxygen atoms in total. The average molecular weight is 269 g/mol. The van der Waals surface area contributed by atoms with Gasteiger partial charge in [-0.2, -0.15) is 13.2 Å². The minimum Gasteiger partial charge on any atom is -0.404 e. The molecule has 0 atom stereocenters. The van der Waals surface area contributed by atoms with Crippen molar-refractivity contribution in [3.05, 3.63) is 47.7 Å². The number of nitrogens with one attached hydrogen (secondary N) is 2. The summed E-state index contributed by atoms with van der Waals surface area (Å²) in [7, 11) is 1.57. The van der Waals surface area contributed by atoms with E-state index in [1.165, 1.54) is 6.07 Å². The highest BCUT2D eigenvalue weighted by molar-refractivity contribution is 6.08. The first-order valence-corrected chi connectivity index (χ1v) is 5.35. The fourth-order valence-electron chi connectivity index (χ4n) is 1.50. The van der Waals surface area contributed by atoms with Gasteiger partial charge in [0.05, 0.1) is 5.56 Å². The molecule has 1 aromatic rings. The van der Waals surface area contributed by atoms with E-state index in [1.54, 1.807) is 7.05 Å². The summed E-state index contributed by atoms with van der Waals surface area (Å²) >= 11 is 0. The van der Waals surface area contributed by atoms with Crippen LogP contribution in [0.1, 0.15) is 16.7 Å². The Balaban J connectivity index is 3.49. The van der Waals surface area contributed by atoms with E-state index in [4.69, 9.17) is 11.1 Å². The highest BCUT2D eigenvalue weighted by Gasteiger charge is 2.31. The predicted molar refractivity (Wildman–Crippen MR) is 70.5 cm³/mol. The molecule has 0 fully saturated rings. The van der Waals surface area contributed by atoms with Crippen LogP contribution in [0.5, 0.6) is 0 Å². The lowest BCUT2D eigenvalue weighted by molar-refractivity contribution is -0.137. The molecule has 0 aliphatic rings. The Morgan fingerprint density at radius 2 is 1.89 bits per heavy atom. The van der Waals surface area contributed by atoms with E-state index in [9.17, 15) is 13.2 Å². The van der Waals surface area contributed by atoms with Crippen LogP contribution in [-0.4, -0.2) is 13.3 Å². The molecule has 0 aromatic heterocycles. The molecule has 0 bridgehead atoms. The van der Waals surface area contributed by atoms with E-state index in [2.05, 4.69) is 11.9 Å². The summed E-state index contributed by atoms with van der Waals surface area (Å²) in [6.07, 6.45) is -2.48. The fraction of sp³-hybridized carbons (Fsp3) is 0.154. The summed E-state index contributed by atoms with van der Waals surface area (Å²) in [5.41, 5.74) is 5.57. The monoisotopic (exact) mass is 269 g/mol. The Kier molecular flexibility index (Phi) is 4.37. The van der Waals surface area contributed by atoms with E-state index >= 15 is 0 Å². The molecule has 0 aliphatic heterocycles. The van der Waals surface area contributed by atoms with E-state index in [-0.39, 0.29) is 11.1 Å². The summed E-state index contributed by atoms with van der Waals surface area (Å²) in [4.78, 5) is 0. The molecule has 4 N–H and O–H groups in total. The first kappa shape index (κ1) is 14.8. The van der Waals surface area contributed by atoms with Crippen LogP contribution in [0, 0.1) is 5.41 Å². The third-order valence-electron chi connectivity index (χ3n) is 2.58. The van der Waals surface area contributed by atoms with Gasteiger partial charge in [-0.25, -0.2) is 0 Å². The van der Waals surface area contributed by atoms with Gasteiger partial charge in [0, 0.05) is 30.7 Å². The van der Waals surface area contributed by atoms with Gasteiger partial charge in [-0.3, -0.25) is 0 Å². The van der Waals surface area contributed by atoms with Crippen LogP contribution in [0.3, 0.4) is 0 Å². The molecule has 0 saturated carbocycles. The van der Waals surface area contributed by atoms with Gasteiger partial charge in [0.15, 0.2) is 0 Å². The highest BCUT2D eigenvalue weighted by atomic mass is 19.4. The number of allylic oxidation sites excluding steroid dienone is 1. The van der Waals surface area contributed by atoms with Crippen LogP contribution in [0.4, 0.5) is 13.2 Å². The second kappa shape index (κ2) is 5.60. The van der Waals surface area contributed by atoms with E-state index < -0.39 is 11.7 Å². The molecule has 19 heavy (non-hydrogen) atoms. The maximum Gasteiger partial charge on any atom is 0.416 e. The molecule has 0 amide bonds. The van der Waals surface area contributed by atoms with Gasteiger partial charge in [0.2, 0.25) is 0 Å². The van der Waals surface area contributed by atoms with Crippen LogP contribution in [0.2, 0.25) is 0 Å². The summed E-state index contributed by atoms with van der Waals surface area (Å²) in [6.45, 7) is 3.63. The highest BCUT2D eigenvalue weighted by Crippen LogP contribution is 2.32. The molecule has 1 aromatic carbocycles.